The number of fused-ring (bicyclic) bond motifs is 1. The molecule has 27 heavy (non-hydrogen) atoms. The summed E-state index contributed by atoms with van der Waals surface area (Å²) in [4.78, 5) is 29.3. The summed E-state index contributed by atoms with van der Waals surface area (Å²) in [7, 11) is 0. The second-order valence-electron chi connectivity index (χ2n) is 6.76. The fraction of sp³-hybridized carbons (Fsp3) is 0.200. The van der Waals surface area contributed by atoms with Crippen LogP contribution in [0.2, 0.25) is 0 Å². The van der Waals surface area contributed by atoms with Crippen LogP contribution in [-0.4, -0.2) is 26.3 Å². The molecule has 0 bridgehead atoms. The van der Waals surface area contributed by atoms with Gasteiger partial charge in [-0.15, -0.1) is 11.3 Å². The maximum absolute atomic E-state index is 12.8. The molecule has 0 spiro atoms. The molecule has 1 N–H and O–H groups in total. The number of nitrogens with one attached hydrogen (secondary N) is 1. The molecule has 136 valence electrons. The Balaban J connectivity index is 1.76. The zero-order valence-electron chi connectivity index (χ0n) is 15.0. The standard InChI is InChI=1S/C20H18N4O2S/c1-13(25)23-14-5-3-8-20(2,11-14)17-7-9-21-19-15(12-22-24(17)19)18(26)16-6-4-10-27-16/h3-10,12H,11H2,1-2H3,(H,23,25). The van der Waals surface area contributed by atoms with E-state index in [9.17, 15) is 9.59 Å². The van der Waals surface area contributed by atoms with E-state index in [1.807, 2.05) is 29.7 Å². The number of rotatable bonds is 4. The summed E-state index contributed by atoms with van der Waals surface area (Å²) in [6, 6.07) is 5.56. The van der Waals surface area contributed by atoms with Gasteiger partial charge in [-0.05, 0) is 23.6 Å². The predicted molar refractivity (Wildman–Crippen MR) is 104 cm³/mol. The first-order valence-corrected chi connectivity index (χ1v) is 9.43. The SMILES string of the molecule is CC(=O)NC1=CC=CC(C)(c2ccnc3c(C(=O)c4cccs4)cnn23)C1. The Morgan fingerprint density at radius 2 is 2.19 bits per heavy atom. The molecule has 1 atom stereocenters. The van der Waals surface area contributed by atoms with Crippen LogP contribution in [0.5, 0.6) is 0 Å². The quantitative estimate of drug-likeness (QED) is 0.707. The lowest BCUT2D eigenvalue weighted by Gasteiger charge is -2.30. The molecule has 0 radical (unpaired) electrons. The van der Waals surface area contributed by atoms with Crippen molar-refractivity contribution in [2.75, 3.05) is 0 Å². The van der Waals surface area contributed by atoms with E-state index in [1.165, 1.54) is 18.3 Å². The van der Waals surface area contributed by atoms with Crippen LogP contribution in [0.25, 0.3) is 5.65 Å². The maximum Gasteiger partial charge on any atom is 0.220 e. The number of thiophene rings is 1. The van der Waals surface area contributed by atoms with Crippen LogP contribution in [-0.2, 0) is 10.2 Å². The van der Waals surface area contributed by atoms with Crippen LogP contribution in [0.4, 0.5) is 0 Å². The van der Waals surface area contributed by atoms with Crippen molar-refractivity contribution in [1.29, 1.82) is 0 Å². The molecule has 4 rings (SSSR count). The summed E-state index contributed by atoms with van der Waals surface area (Å²) in [5.74, 6) is -0.172. The van der Waals surface area contributed by atoms with Crippen molar-refractivity contribution in [1.82, 2.24) is 19.9 Å². The molecule has 1 unspecified atom stereocenters. The minimum atomic E-state index is -0.386. The number of carbonyl (C=O) groups excluding carboxylic acids is 2. The van der Waals surface area contributed by atoms with Crippen molar-refractivity contribution in [2.24, 2.45) is 0 Å². The van der Waals surface area contributed by atoms with E-state index in [2.05, 4.69) is 28.4 Å². The van der Waals surface area contributed by atoms with E-state index >= 15 is 0 Å². The molecular formula is C20H18N4O2S. The summed E-state index contributed by atoms with van der Waals surface area (Å²) in [6.45, 7) is 3.58. The second kappa shape index (κ2) is 6.59. The molecule has 1 aliphatic carbocycles. The molecule has 0 aliphatic heterocycles. The number of amides is 1. The molecule has 0 saturated heterocycles. The van der Waals surface area contributed by atoms with E-state index in [-0.39, 0.29) is 17.1 Å². The van der Waals surface area contributed by atoms with Crippen molar-refractivity contribution in [3.8, 4) is 0 Å². The number of allylic oxidation sites excluding steroid dienone is 4. The molecule has 1 aliphatic rings. The van der Waals surface area contributed by atoms with Gasteiger partial charge in [0.2, 0.25) is 11.7 Å². The van der Waals surface area contributed by atoms with Crippen LogP contribution in [0.15, 0.2) is 59.9 Å². The molecular weight excluding hydrogens is 360 g/mol. The minimum absolute atomic E-state index is 0.0761. The summed E-state index contributed by atoms with van der Waals surface area (Å²) in [6.07, 6.45) is 9.81. The zero-order valence-corrected chi connectivity index (χ0v) is 15.8. The number of aromatic nitrogens is 3. The Bertz CT molecular complexity index is 1090. The van der Waals surface area contributed by atoms with Gasteiger partial charge in [0.15, 0.2) is 5.65 Å². The summed E-state index contributed by atoms with van der Waals surface area (Å²) in [5, 5.41) is 9.20. The third kappa shape index (κ3) is 3.10. The van der Waals surface area contributed by atoms with Gasteiger partial charge in [-0.25, -0.2) is 9.50 Å². The fourth-order valence-corrected chi connectivity index (χ4v) is 4.08. The summed E-state index contributed by atoms with van der Waals surface area (Å²) >= 11 is 1.40. The maximum atomic E-state index is 12.8. The lowest BCUT2D eigenvalue weighted by atomic mass is 9.79. The highest BCUT2D eigenvalue weighted by molar-refractivity contribution is 7.12. The molecule has 6 nitrogen and oxygen atoms in total. The van der Waals surface area contributed by atoms with Crippen LogP contribution >= 0.6 is 11.3 Å². The van der Waals surface area contributed by atoms with Crippen LogP contribution in [0, 0.1) is 0 Å². The van der Waals surface area contributed by atoms with Crippen molar-refractivity contribution >= 4 is 28.7 Å². The summed E-state index contributed by atoms with van der Waals surface area (Å²) < 4.78 is 1.72. The van der Waals surface area contributed by atoms with Gasteiger partial charge in [0.25, 0.3) is 0 Å². The van der Waals surface area contributed by atoms with Crippen molar-refractivity contribution in [3.63, 3.8) is 0 Å². The zero-order chi connectivity index (χ0) is 19.0. The van der Waals surface area contributed by atoms with E-state index in [0.717, 1.165) is 11.4 Å². The Morgan fingerprint density at radius 3 is 2.93 bits per heavy atom. The Kier molecular flexibility index (Phi) is 4.24. The molecule has 3 aromatic rings. The van der Waals surface area contributed by atoms with Crippen molar-refractivity contribution in [3.05, 3.63) is 76.0 Å². The van der Waals surface area contributed by atoms with Gasteiger partial charge in [-0.2, -0.15) is 5.10 Å². The third-order valence-electron chi connectivity index (χ3n) is 4.63. The Morgan fingerprint density at radius 1 is 1.33 bits per heavy atom. The molecule has 7 heteroatoms. The Labute approximate surface area is 160 Å². The number of hydrogen-bond acceptors (Lipinski definition) is 5. The first kappa shape index (κ1) is 17.4. The van der Waals surface area contributed by atoms with Crippen molar-refractivity contribution in [2.45, 2.75) is 25.7 Å². The molecule has 1 amide bonds. The normalized spacial score (nSPS) is 19.1. The second-order valence-corrected chi connectivity index (χ2v) is 7.70. The largest absolute Gasteiger partial charge is 0.330 e. The average Bonchev–Trinajstić information content (AvgIpc) is 3.30. The number of hydrogen-bond donors (Lipinski definition) is 1. The van der Waals surface area contributed by atoms with Gasteiger partial charge in [-0.1, -0.05) is 25.1 Å². The minimum Gasteiger partial charge on any atom is -0.330 e. The van der Waals surface area contributed by atoms with Crippen LogP contribution in [0.3, 0.4) is 0 Å². The molecule has 0 fully saturated rings. The van der Waals surface area contributed by atoms with Crippen molar-refractivity contribution < 1.29 is 9.59 Å². The molecule has 3 aromatic heterocycles. The molecule has 3 heterocycles. The van der Waals surface area contributed by atoms with E-state index in [0.29, 0.717) is 22.5 Å². The topological polar surface area (TPSA) is 76.4 Å². The Hall–Kier alpha value is -3.06. The molecule has 0 saturated carbocycles. The first-order valence-electron chi connectivity index (χ1n) is 8.55. The highest BCUT2D eigenvalue weighted by Gasteiger charge is 2.31. The first-order chi connectivity index (χ1) is 13.0. The lowest BCUT2D eigenvalue weighted by molar-refractivity contribution is -0.118. The van der Waals surface area contributed by atoms with Crippen LogP contribution in [0.1, 0.15) is 41.2 Å². The third-order valence-corrected chi connectivity index (χ3v) is 5.50. The van der Waals surface area contributed by atoms with Gasteiger partial charge >= 0.3 is 0 Å². The van der Waals surface area contributed by atoms with Gasteiger partial charge in [0.1, 0.15) is 0 Å². The fourth-order valence-electron chi connectivity index (χ4n) is 3.40. The highest BCUT2D eigenvalue weighted by atomic mass is 32.1. The monoisotopic (exact) mass is 378 g/mol. The van der Waals surface area contributed by atoms with E-state index in [1.54, 1.807) is 23.0 Å². The predicted octanol–water partition coefficient (Wildman–Crippen LogP) is 3.26. The average molecular weight is 378 g/mol. The van der Waals surface area contributed by atoms with Crippen LogP contribution < -0.4 is 5.32 Å². The van der Waals surface area contributed by atoms with Gasteiger partial charge in [-0.3, -0.25) is 9.59 Å². The summed E-state index contributed by atoms with van der Waals surface area (Å²) in [5.41, 5.74) is 2.39. The smallest absolute Gasteiger partial charge is 0.220 e. The number of ketones is 1. The van der Waals surface area contributed by atoms with Gasteiger partial charge < -0.3 is 5.32 Å². The number of nitrogens with zero attached hydrogens (tertiary/aromatic N) is 3. The lowest BCUT2D eigenvalue weighted by Crippen LogP contribution is -2.30. The van der Waals surface area contributed by atoms with E-state index in [4.69, 9.17) is 0 Å². The van der Waals surface area contributed by atoms with E-state index < -0.39 is 0 Å². The van der Waals surface area contributed by atoms with Gasteiger partial charge in [0, 0.05) is 30.7 Å². The number of carbonyl (C=O) groups is 2. The molecule has 0 aromatic carbocycles. The van der Waals surface area contributed by atoms with Gasteiger partial charge in [0.05, 0.1) is 22.3 Å². The highest BCUT2D eigenvalue weighted by Crippen LogP contribution is 2.34.